The molecule has 1 heterocycles. The summed E-state index contributed by atoms with van der Waals surface area (Å²) in [5, 5.41) is 7.56. The first-order valence-electron chi connectivity index (χ1n) is 5.47. The molecule has 0 spiro atoms. The van der Waals surface area contributed by atoms with Crippen molar-refractivity contribution in [1.82, 2.24) is 15.1 Å². The fourth-order valence-electron chi connectivity index (χ4n) is 2.02. The van der Waals surface area contributed by atoms with Gasteiger partial charge in [-0.1, -0.05) is 0 Å². The van der Waals surface area contributed by atoms with Crippen molar-refractivity contribution in [3.05, 3.63) is 18.0 Å². The summed E-state index contributed by atoms with van der Waals surface area (Å²) >= 11 is 0. The topological polar surface area (TPSA) is 39.1 Å². The van der Waals surface area contributed by atoms with Gasteiger partial charge < -0.3 is 10.1 Å². The fraction of sp³-hybridized carbons (Fsp3) is 0.727. The van der Waals surface area contributed by atoms with Crippen molar-refractivity contribution < 1.29 is 4.74 Å². The van der Waals surface area contributed by atoms with E-state index >= 15 is 0 Å². The summed E-state index contributed by atoms with van der Waals surface area (Å²) in [6.45, 7) is 1.82. The number of aromatic nitrogens is 2. The van der Waals surface area contributed by atoms with Gasteiger partial charge in [-0.15, -0.1) is 0 Å². The van der Waals surface area contributed by atoms with Gasteiger partial charge in [0.2, 0.25) is 0 Å². The Hall–Kier alpha value is -0.870. The molecule has 4 heteroatoms. The Morgan fingerprint density at radius 3 is 2.87 bits per heavy atom. The van der Waals surface area contributed by atoms with Crippen LogP contribution < -0.4 is 5.32 Å². The van der Waals surface area contributed by atoms with Crippen molar-refractivity contribution in [2.75, 3.05) is 13.7 Å². The van der Waals surface area contributed by atoms with Gasteiger partial charge in [0.1, 0.15) is 0 Å². The maximum absolute atomic E-state index is 5.53. The van der Waals surface area contributed by atoms with E-state index in [1.165, 1.54) is 24.8 Å². The van der Waals surface area contributed by atoms with Gasteiger partial charge in [-0.2, -0.15) is 5.10 Å². The summed E-state index contributed by atoms with van der Waals surface area (Å²) in [4.78, 5) is 0. The fourth-order valence-corrected chi connectivity index (χ4v) is 2.02. The third kappa shape index (κ3) is 2.38. The van der Waals surface area contributed by atoms with Crippen LogP contribution in [0.1, 0.15) is 24.8 Å². The highest BCUT2D eigenvalue weighted by Crippen LogP contribution is 2.34. The number of nitrogens with zero attached hydrogens (tertiary/aromatic N) is 2. The smallest absolute Gasteiger partial charge is 0.0802 e. The first-order chi connectivity index (χ1) is 7.24. The minimum atomic E-state index is 0.113. The Morgan fingerprint density at radius 1 is 1.60 bits per heavy atom. The molecule has 1 aliphatic rings. The van der Waals surface area contributed by atoms with E-state index in [2.05, 4.69) is 10.4 Å². The number of hydrogen-bond acceptors (Lipinski definition) is 3. The second-order valence-corrected chi connectivity index (χ2v) is 4.37. The lowest BCUT2D eigenvalue weighted by atomic mass is 9.80. The maximum atomic E-state index is 5.53. The lowest BCUT2D eigenvalue weighted by molar-refractivity contribution is -0.0695. The standard InChI is InChI=1S/C11H19N3O/c1-14-8-10(7-13-14)6-12-9-11(15-2)4-3-5-11/h7-8,12H,3-6,9H2,1-2H3. The van der Waals surface area contributed by atoms with E-state index in [1.807, 2.05) is 31.2 Å². The van der Waals surface area contributed by atoms with Gasteiger partial charge in [-0.25, -0.2) is 0 Å². The second kappa shape index (κ2) is 4.33. The summed E-state index contributed by atoms with van der Waals surface area (Å²) in [7, 11) is 3.75. The SMILES string of the molecule is COC1(CNCc2cnn(C)c2)CCC1. The third-order valence-corrected chi connectivity index (χ3v) is 3.23. The van der Waals surface area contributed by atoms with E-state index in [9.17, 15) is 0 Å². The van der Waals surface area contributed by atoms with Gasteiger partial charge in [0.05, 0.1) is 11.8 Å². The predicted molar refractivity (Wildman–Crippen MR) is 58.5 cm³/mol. The molecule has 0 radical (unpaired) electrons. The van der Waals surface area contributed by atoms with Crippen molar-refractivity contribution in [2.45, 2.75) is 31.4 Å². The average Bonchev–Trinajstić information content (AvgIpc) is 2.56. The molecule has 0 unspecified atom stereocenters. The summed E-state index contributed by atoms with van der Waals surface area (Å²) in [5.41, 5.74) is 1.34. The zero-order chi connectivity index (χ0) is 10.7. The monoisotopic (exact) mass is 209 g/mol. The molecule has 0 aliphatic heterocycles. The van der Waals surface area contributed by atoms with E-state index in [4.69, 9.17) is 4.74 Å². The van der Waals surface area contributed by atoms with Crippen molar-refractivity contribution in [3.63, 3.8) is 0 Å². The average molecular weight is 209 g/mol. The third-order valence-electron chi connectivity index (χ3n) is 3.23. The lowest BCUT2D eigenvalue weighted by Crippen LogP contribution is -2.47. The van der Waals surface area contributed by atoms with Crippen molar-refractivity contribution >= 4 is 0 Å². The minimum absolute atomic E-state index is 0.113. The zero-order valence-corrected chi connectivity index (χ0v) is 9.49. The van der Waals surface area contributed by atoms with Crippen LogP contribution in [0.5, 0.6) is 0 Å². The van der Waals surface area contributed by atoms with E-state index < -0.39 is 0 Å². The molecule has 1 N–H and O–H groups in total. The van der Waals surface area contributed by atoms with Crippen molar-refractivity contribution in [1.29, 1.82) is 0 Å². The van der Waals surface area contributed by atoms with Crippen molar-refractivity contribution in [2.24, 2.45) is 7.05 Å². The normalized spacial score (nSPS) is 18.8. The highest BCUT2D eigenvalue weighted by Gasteiger charge is 2.36. The van der Waals surface area contributed by atoms with Crippen LogP contribution in [-0.2, 0) is 18.3 Å². The molecular formula is C11H19N3O. The van der Waals surface area contributed by atoms with E-state index in [1.54, 1.807) is 0 Å². The Bertz CT molecular complexity index is 312. The number of nitrogens with one attached hydrogen (secondary N) is 1. The number of aryl methyl sites for hydroxylation is 1. The number of ether oxygens (including phenoxy) is 1. The van der Waals surface area contributed by atoms with Gasteiger partial charge in [-0.3, -0.25) is 4.68 Å². The van der Waals surface area contributed by atoms with Crippen molar-refractivity contribution in [3.8, 4) is 0 Å². The molecule has 0 aromatic carbocycles. The Kier molecular flexibility index (Phi) is 3.07. The Labute approximate surface area is 90.6 Å². The van der Waals surface area contributed by atoms with Crippen LogP contribution in [0.15, 0.2) is 12.4 Å². The lowest BCUT2D eigenvalue weighted by Gasteiger charge is -2.40. The highest BCUT2D eigenvalue weighted by molar-refractivity contribution is 5.03. The number of hydrogen-bond donors (Lipinski definition) is 1. The van der Waals surface area contributed by atoms with Crippen LogP contribution in [0.25, 0.3) is 0 Å². The van der Waals surface area contributed by atoms with Crippen LogP contribution in [0.3, 0.4) is 0 Å². The molecule has 1 fully saturated rings. The van der Waals surface area contributed by atoms with E-state index in [0.29, 0.717) is 0 Å². The first kappa shape index (κ1) is 10.6. The molecule has 0 atom stereocenters. The molecule has 1 aliphatic carbocycles. The molecule has 1 aromatic heterocycles. The van der Waals surface area contributed by atoms with Gasteiger partial charge in [-0.05, 0) is 19.3 Å². The highest BCUT2D eigenvalue weighted by atomic mass is 16.5. The molecule has 15 heavy (non-hydrogen) atoms. The molecular weight excluding hydrogens is 190 g/mol. The second-order valence-electron chi connectivity index (χ2n) is 4.37. The van der Waals surface area contributed by atoms with Crippen LogP contribution in [0.2, 0.25) is 0 Å². The molecule has 1 aromatic rings. The largest absolute Gasteiger partial charge is 0.377 e. The first-order valence-corrected chi connectivity index (χ1v) is 5.47. The van der Waals surface area contributed by atoms with Gasteiger partial charge in [0.15, 0.2) is 0 Å². The Balaban J connectivity index is 1.74. The molecule has 0 amide bonds. The van der Waals surface area contributed by atoms with Gasteiger partial charge >= 0.3 is 0 Å². The molecule has 84 valence electrons. The van der Waals surface area contributed by atoms with Crippen LogP contribution in [-0.4, -0.2) is 29.0 Å². The van der Waals surface area contributed by atoms with Gasteiger partial charge in [0.25, 0.3) is 0 Å². The van der Waals surface area contributed by atoms with E-state index in [0.717, 1.165) is 13.1 Å². The minimum Gasteiger partial charge on any atom is -0.377 e. The van der Waals surface area contributed by atoms with Crippen LogP contribution in [0.4, 0.5) is 0 Å². The van der Waals surface area contributed by atoms with Crippen LogP contribution in [0, 0.1) is 0 Å². The summed E-state index contributed by atoms with van der Waals surface area (Å²) in [6, 6.07) is 0. The van der Waals surface area contributed by atoms with Crippen LogP contribution >= 0.6 is 0 Å². The summed E-state index contributed by atoms with van der Waals surface area (Å²) in [6.07, 6.45) is 7.59. The molecule has 0 saturated heterocycles. The zero-order valence-electron chi connectivity index (χ0n) is 9.49. The predicted octanol–water partition coefficient (Wildman–Crippen LogP) is 1.08. The summed E-state index contributed by atoms with van der Waals surface area (Å²) < 4.78 is 7.36. The summed E-state index contributed by atoms with van der Waals surface area (Å²) in [5.74, 6) is 0. The molecule has 1 saturated carbocycles. The van der Waals surface area contributed by atoms with Gasteiger partial charge in [0, 0.05) is 39.0 Å². The Morgan fingerprint density at radius 2 is 2.40 bits per heavy atom. The quantitative estimate of drug-likeness (QED) is 0.788. The maximum Gasteiger partial charge on any atom is 0.0802 e. The number of rotatable bonds is 5. The molecule has 2 rings (SSSR count). The molecule has 4 nitrogen and oxygen atoms in total. The number of methoxy groups -OCH3 is 1. The van der Waals surface area contributed by atoms with E-state index in [-0.39, 0.29) is 5.60 Å². The molecule has 0 bridgehead atoms.